The van der Waals surface area contributed by atoms with Crippen molar-refractivity contribution < 1.29 is 8.42 Å². The van der Waals surface area contributed by atoms with E-state index in [4.69, 9.17) is 10.2 Å². The highest BCUT2D eigenvalue weighted by Crippen LogP contribution is 2.23. The van der Waals surface area contributed by atoms with Gasteiger partial charge < -0.3 is 5.32 Å². The van der Waals surface area contributed by atoms with Crippen LogP contribution in [-0.2, 0) is 16.6 Å². The molecule has 28 heavy (non-hydrogen) atoms. The number of sulfonamides is 1. The zero-order valence-electron chi connectivity index (χ0n) is 15.6. The third kappa shape index (κ3) is 4.22. The van der Waals surface area contributed by atoms with Gasteiger partial charge in [0.15, 0.2) is 0 Å². The molecule has 1 heterocycles. The Labute approximate surface area is 164 Å². The van der Waals surface area contributed by atoms with Gasteiger partial charge in [0, 0.05) is 18.3 Å². The Balaban J connectivity index is 1.89. The highest BCUT2D eigenvalue weighted by molar-refractivity contribution is 7.89. The summed E-state index contributed by atoms with van der Waals surface area (Å²) < 4.78 is 24.8. The molecule has 0 amide bonds. The van der Waals surface area contributed by atoms with Crippen molar-refractivity contribution in [1.82, 2.24) is 9.78 Å². The van der Waals surface area contributed by atoms with Gasteiger partial charge in [-0.15, -0.1) is 0 Å². The Hall–Kier alpha value is -3.15. The highest BCUT2D eigenvalue weighted by atomic mass is 32.2. The first-order chi connectivity index (χ1) is 13.3. The van der Waals surface area contributed by atoms with Gasteiger partial charge in [0.2, 0.25) is 10.0 Å². The van der Waals surface area contributed by atoms with E-state index in [1.807, 2.05) is 47.3 Å². The largest absolute Gasteiger partial charge is 0.380 e. The molecule has 3 aromatic rings. The molecule has 2 aromatic carbocycles. The summed E-state index contributed by atoms with van der Waals surface area (Å²) in [6.07, 6.45) is 1.96. The maximum Gasteiger partial charge on any atom is 0.238 e. The molecule has 0 bridgehead atoms. The molecule has 8 heteroatoms. The van der Waals surface area contributed by atoms with Crippen molar-refractivity contribution >= 4 is 15.7 Å². The second-order valence-electron chi connectivity index (χ2n) is 6.69. The summed E-state index contributed by atoms with van der Waals surface area (Å²) >= 11 is 0. The van der Waals surface area contributed by atoms with Gasteiger partial charge in [0.25, 0.3) is 0 Å². The highest BCUT2D eigenvalue weighted by Gasteiger charge is 2.15. The van der Waals surface area contributed by atoms with Crippen LogP contribution in [0.5, 0.6) is 0 Å². The van der Waals surface area contributed by atoms with Crippen LogP contribution in [0.1, 0.15) is 36.6 Å². The first kappa shape index (κ1) is 19.6. The Bertz CT molecular complexity index is 1130. The predicted molar refractivity (Wildman–Crippen MR) is 108 cm³/mol. The van der Waals surface area contributed by atoms with Gasteiger partial charge in [0.05, 0.1) is 27.5 Å². The molecule has 0 fully saturated rings. The van der Waals surface area contributed by atoms with E-state index in [1.165, 1.54) is 12.1 Å². The number of hydrogen-bond donors (Lipinski definition) is 2. The number of nitrogens with zero attached hydrogens (tertiary/aromatic N) is 3. The Morgan fingerprint density at radius 3 is 2.54 bits per heavy atom. The lowest BCUT2D eigenvalue weighted by atomic mass is 10.1. The van der Waals surface area contributed by atoms with Crippen molar-refractivity contribution in [1.29, 1.82) is 5.26 Å². The molecule has 0 aliphatic rings. The minimum atomic E-state index is -3.86. The number of rotatable bonds is 6. The van der Waals surface area contributed by atoms with Gasteiger partial charge in [-0.2, -0.15) is 10.4 Å². The van der Waals surface area contributed by atoms with Crippen molar-refractivity contribution in [2.75, 3.05) is 5.32 Å². The number of nitriles is 1. The van der Waals surface area contributed by atoms with Gasteiger partial charge in [-0.25, -0.2) is 18.2 Å². The summed E-state index contributed by atoms with van der Waals surface area (Å²) in [5.41, 5.74) is 3.67. The lowest BCUT2D eigenvalue weighted by molar-refractivity contribution is 0.598. The quantitative estimate of drug-likeness (QED) is 0.665. The van der Waals surface area contributed by atoms with Crippen molar-refractivity contribution in [2.24, 2.45) is 5.14 Å². The van der Waals surface area contributed by atoms with E-state index in [-0.39, 0.29) is 16.4 Å². The maximum absolute atomic E-state index is 11.5. The van der Waals surface area contributed by atoms with E-state index in [0.29, 0.717) is 12.2 Å². The zero-order valence-corrected chi connectivity index (χ0v) is 16.4. The molecule has 0 spiro atoms. The standard InChI is InChI=1S/C20H21N5O2S/c1-14(2)20-16(13-25(24-20)17-6-4-3-5-7-17)12-23-19-9-8-18(28(22,26)27)10-15(19)11-21/h3-10,13-14,23H,12H2,1-2H3,(H2,22,26,27). The molecule has 0 unspecified atom stereocenters. The van der Waals surface area contributed by atoms with E-state index in [0.717, 1.165) is 16.9 Å². The summed E-state index contributed by atoms with van der Waals surface area (Å²) in [5, 5.41) is 22.4. The molecule has 7 nitrogen and oxygen atoms in total. The average Bonchev–Trinajstić information content (AvgIpc) is 3.11. The topological polar surface area (TPSA) is 114 Å². The Kier molecular flexibility index (Phi) is 5.49. The number of hydrogen-bond acceptors (Lipinski definition) is 5. The van der Waals surface area contributed by atoms with E-state index >= 15 is 0 Å². The van der Waals surface area contributed by atoms with Crippen molar-refractivity contribution in [3.63, 3.8) is 0 Å². The van der Waals surface area contributed by atoms with Gasteiger partial charge in [-0.3, -0.25) is 0 Å². The molecule has 0 saturated heterocycles. The van der Waals surface area contributed by atoms with Crippen LogP contribution in [-0.4, -0.2) is 18.2 Å². The summed E-state index contributed by atoms with van der Waals surface area (Å²) in [4.78, 5) is -0.0885. The number of anilines is 1. The minimum Gasteiger partial charge on any atom is -0.380 e. The number of para-hydroxylation sites is 1. The van der Waals surface area contributed by atoms with Crippen LogP contribution in [0.25, 0.3) is 5.69 Å². The zero-order chi connectivity index (χ0) is 20.3. The van der Waals surface area contributed by atoms with Crippen molar-refractivity contribution in [2.45, 2.75) is 31.2 Å². The van der Waals surface area contributed by atoms with E-state index in [9.17, 15) is 13.7 Å². The lowest BCUT2D eigenvalue weighted by Gasteiger charge is -2.10. The number of aromatic nitrogens is 2. The van der Waals surface area contributed by atoms with Crippen LogP contribution in [0.15, 0.2) is 59.6 Å². The number of primary sulfonamides is 1. The smallest absolute Gasteiger partial charge is 0.238 e. The molecular weight excluding hydrogens is 374 g/mol. The van der Waals surface area contributed by atoms with Crippen molar-refractivity contribution in [3.05, 3.63) is 71.5 Å². The molecule has 0 radical (unpaired) electrons. The first-order valence-electron chi connectivity index (χ1n) is 8.74. The monoisotopic (exact) mass is 395 g/mol. The summed E-state index contributed by atoms with van der Waals surface area (Å²) in [5.74, 6) is 0.224. The number of nitrogens with two attached hydrogens (primary N) is 1. The van der Waals surface area contributed by atoms with Crippen LogP contribution in [0.2, 0.25) is 0 Å². The molecule has 1 aromatic heterocycles. The second kappa shape index (κ2) is 7.84. The van der Waals surface area contributed by atoms with Gasteiger partial charge in [-0.05, 0) is 36.2 Å². The van der Waals surface area contributed by atoms with Gasteiger partial charge in [0.1, 0.15) is 6.07 Å². The molecule has 0 aliphatic heterocycles. The molecule has 3 rings (SSSR count). The van der Waals surface area contributed by atoms with Crippen LogP contribution in [0.4, 0.5) is 5.69 Å². The fourth-order valence-corrected chi connectivity index (χ4v) is 3.44. The van der Waals surface area contributed by atoms with Crippen LogP contribution in [0.3, 0.4) is 0 Å². The number of nitrogens with one attached hydrogen (secondary N) is 1. The molecular formula is C20H21N5O2S. The molecule has 3 N–H and O–H groups in total. The summed E-state index contributed by atoms with van der Waals surface area (Å²) in [6.45, 7) is 4.59. The van der Waals surface area contributed by atoms with Crippen LogP contribution < -0.4 is 10.5 Å². The van der Waals surface area contributed by atoms with Gasteiger partial charge in [-0.1, -0.05) is 32.0 Å². The average molecular weight is 395 g/mol. The summed E-state index contributed by atoms with van der Waals surface area (Å²) in [7, 11) is -3.86. The fraction of sp³-hybridized carbons (Fsp3) is 0.200. The Morgan fingerprint density at radius 1 is 1.21 bits per heavy atom. The SMILES string of the molecule is CC(C)c1nn(-c2ccccc2)cc1CNc1ccc(S(N)(=O)=O)cc1C#N. The first-order valence-corrected chi connectivity index (χ1v) is 10.3. The summed E-state index contributed by atoms with van der Waals surface area (Å²) in [6, 6.07) is 16.0. The van der Waals surface area contributed by atoms with E-state index in [2.05, 4.69) is 19.2 Å². The fourth-order valence-electron chi connectivity index (χ4n) is 2.90. The van der Waals surface area contributed by atoms with Crippen LogP contribution >= 0.6 is 0 Å². The van der Waals surface area contributed by atoms with E-state index < -0.39 is 10.0 Å². The maximum atomic E-state index is 11.5. The third-order valence-corrected chi connectivity index (χ3v) is 5.21. The molecule has 0 aliphatic carbocycles. The Morgan fingerprint density at radius 2 is 1.93 bits per heavy atom. The third-order valence-electron chi connectivity index (χ3n) is 4.30. The predicted octanol–water partition coefficient (Wildman–Crippen LogP) is 3.13. The minimum absolute atomic E-state index is 0.0885. The molecule has 0 atom stereocenters. The molecule has 144 valence electrons. The number of benzene rings is 2. The van der Waals surface area contributed by atoms with Gasteiger partial charge >= 0.3 is 0 Å². The second-order valence-corrected chi connectivity index (χ2v) is 8.25. The lowest BCUT2D eigenvalue weighted by Crippen LogP contribution is -2.12. The normalized spacial score (nSPS) is 11.4. The van der Waals surface area contributed by atoms with Crippen LogP contribution in [0, 0.1) is 11.3 Å². The molecule has 0 saturated carbocycles. The van der Waals surface area contributed by atoms with E-state index in [1.54, 1.807) is 6.07 Å². The van der Waals surface area contributed by atoms with Crippen molar-refractivity contribution in [3.8, 4) is 11.8 Å².